The number of hydrogen-bond donors (Lipinski definition) is 2. The minimum atomic E-state index is -1.20. The molecule has 4 fully saturated rings. The summed E-state index contributed by atoms with van der Waals surface area (Å²) in [4.78, 5) is 30.6. The molecule has 0 aromatic carbocycles. The van der Waals surface area contributed by atoms with Crippen LogP contribution < -0.4 is 5.56 Å². The molecule has 21 heavy (non-hydrogen) atoms. The molecule has 4 saturated carbocycles. The summed E-state index contributed by atoms with van der Waals surface area (Å²) in [7, 11) is 0. The first-order valence-corrected chi connectivity index (χ1v) is 7.81. The fourth-order valence-corrected chi connectivity index (χ4v) is 5.49. The summed E-state index contributed by atoms with van der Waals surface area (Å²) >= 11 is 0. The number of carboxylic acid groups (broad SMARTS) is 1. The van der Waals surface area contributed by atoms with Crippen LogP contribution in [0, 0.1) is 24.7 Å². The molecule has 0 amide bonds. The number of aryl methyl sites for hydroxylation is 1. The van der Waals surface area contributed by atoms with Crippen LogP contribution in [0.1, 0.15) is 60.4 Å². The fraction of sp³-hybridized carbons (Fsp3) is 0.688. The maximum atomic E-state index is 12.1. The minimum Gasteiger partial charge on any atom is -0.477 e. The van der Waals surface area contributed by atoms with Crippen LogP contribution in [0.25, 0.3) is 0 Å². The molecule has 0 unspecified atom stereocenters. The van der Waals surface area contributed by atoms with Crippen LogP contribution in [0.4, 0.5) is 0 Å². The Morgan fingerprint density at radius 1 is 1.19 bits per heavy atom. The van der Waals surface area contributed by atoms with Gasteiger partial charge in [-0.25, -0.2) is 9.78 Å². The van der Waals surface area contributed by atoms with Crippen LogP contribution in [0.15, 0.2) is 4.79 Å². The van der Waals surface area contributed by atoms with Gasteiger partial charge in [-0.1, -0.05) is 0 Å². The molecule has 0 atom stereocenters. The summed E-state index contributed by atoms with van der Waals surface area (Å²) in [6.07, 6.45) is 7.30. The van der Waals surface area contributed by atoms with Crippen molar-refractivity contribution in [1.82, 2.24) is 9.97 Å². The van der Waals surface area contributed by atoms with E-state index in [-0.39, 0.29) is 11.0 Å². The Morgan fingerprint density at radius 3 is 2.14 bits per heavy atom. The van der Waals surface area contributed by atoms with Crippen molar-refractivity contribution in [2.45, 2.75) is 50.9 Å². The Hall–Kier alpha value is -1.65. The van der Waals surface area contributed by atoms with E-state index in [1.807, 2.05) is 0 Å². The molecule has 4 bridgehead atoms. The Kier molecular flexibility index (Phi) is 2.60. The Bertz CT molecular complexity index is 641. The van der Waals surface area contributed by atoms with E-state index in [1.165, 1.54) is 19.3 Å². The van der Waals surface area contributed by atoms with E-state index < -0.39 is 11.5 Å². The molecule has 0 aliphatic heterocycles. The summed E-state index contributed by atoms with van der Waals surface area (Å²) in [5.41, 5.74) is -0.378. The molecule has 5 nitrogen and oxygen atoms in total. The molecule has 5 rings (SSSR count). The van der Waals surface area contributed by atoms with Gasteiger partial charge in [-0.3, -0.25) is 4.79 Å². The van der Waals surface area contributed by atoms with Crippen molar-refractivity contribution in [3.63, 3.8) is 0 Å². The molecule has 2 N–H and O–H groups in total. The average molecular weight is 288 g/mol. The molecule has 5 heteroatoms. The molecule has 1 aromatic heterocycles. The van der Waals surface area contributed by atoms with Crippen LogP contribution >= 0.6 is 0 Å². The normalized spacial score (nSPS) is 36.9. The topological polar surface area (TPSA) is 83.0 Å². The van der Waals surface area contributed by atoms with Crippen molar-refractivity contribution in [3.8, 4) is 0 Å². The molecule has 1 heterocycles. The lowest BCUT2D eigenvalue weighted by Crippen LogP contribution is -2.50. The summed E-state index contributed by atoms with van der Waals surface area (Å²) in [5.74, 6) is 1.84. The van der Waals surface area contributed by atoms with Crippen molar-refractivity contribution in [1.29, 1.82) is 0 Å². The van der Waals surface area contributed by atoms with Gasteiger partial charge < -0.3 is 10.1 Å². The summed E-state index contributed by atoms with van der Waals surface area (Å²) in [6, 6.07) is 0. The lowest BCUT2D eigenvalue weighted by molar-refractivity contribution is -0.00963. The number of rotatable bonds is 2. The number of aromatic amines is 1. The zero-order valence-corrected chi connectivity index (χ0v) is 12.2. The number of nitrogens with zero attached hydrogens (tertiary/aromatic N) is 1. The Labute approximate surface area is 122 Å². The second-order valence-electron chi connectivity index (χ2n) is 7.38. The van der Waals surface area contributed by atoms with E-state index in [9.17, 15) is 9.59 Å². The molecule has 0 saturated heterocycles. The van der Waals surface area contributed by atoms with Gasteiger partial charge in [-0.15, -0.1) is 0 Å². The smallest absolute Gasteiger partial charge is 0.343 e. The maximum absolute atomic E-state index is 12.1. The Balaban J connectivity index is 1.80. The quantitative estimate of drug-likeness (QED) is 0.874. The first-order chi connectivity index (χ1) is 9.97. The van der Waals surface area contributed by atoms with E-state index in [2.05, 4.69) is 9.97 Å². The molecule has 4 aliphatic carbocycles. The molecule has 1 aromatic rings. The van der Waals surface area contributed by atoms with Crippen molar-refractivity contribution in [2.24, 2.45) is 17.8 Å². The highest BCUT2D eigenvalue weighted by atomic mass is 16.4. The predicted molar refractivity (Wildman–Crippen MR) is 76.4 cm³/mol. The van der Waals surface area contributed by atoms with Gasteiger partial charge in [0.25, 0.3) is 5.56 Å². The highest BCUT2D eigenvalue weighted by Crippen LogP contribution is 2.59. The van der Waals surface area contributed by atoms with E-state index in [0.29, 0.717) is 5.69 Å². The standard InChI is InChI=1S/C16H20N2O3/c1-8-12(14(20)21)13(19)18-15(17-8)16-5-9-2-10(6-16)4-11(3-9)7-16/h9-11H,2-7H2,1H3,(H,20,21)(H,17,18,19). The van der Waals surface area contributed by atoms with Crippen LogP contribution in [-0.2, 0) is 5.41 Å². The number of carbonyl (C=O) groups is 1. The van der Waals surface area contributed by atoms with E-state index >= 15 is 0 Å². The van der Waals surface area contributed by atoms with Gasteiger partial charge in [0.2, 0.25) is 0 Å². The number of carboxylic acids is 1. The lowest BCUT2D eigenvalue weighted by atomic mass is 9.49. The van der Waals surface area contributed by atoms with Crippen LogP contribution in [0.5, 0.6) is 0 Å². The molecule has 4 aliphatic rings. The number of nitrogens with one attached hydrogen (secondary N) is 1. The molecular weight excluding hydrogens is 268 g/mol. The van der Waals surface area contributed by atoms with Gasteiger partial charge in [0, 0.05) is 5.41 Å². The van der Waals surface area contributed by atoms with E-state index in [4.69, 9.17) is 5.11 Å². The number of aromatic carboxylic acids is 1. The zero-order valence-electron chi connectivity index (χ0n) is 12.2. The highest BCUT2D eigenvalue weighted by Gasteiger charge is 2.53. The second-order valence-corrected chi connectivity index (χ2v) is 7.38. The Morgan fingerprint density at radius 2 is 1.71 bits per heavy atom. The number of hydrogen-bond acceptors (Lipinski definition) is 3. The van der Waals surface area contributed by atoms with Crippen LogP contribution in [0.2, 0.25) is 0 Å². The summed E-state index contributed by atoms with van der Waals surface area (Å²) in [5, 5.41) is 9.11. The van der Waals surface area contributed by atoms with E-state index in [0.717, 1.165) is 42.8 Å². The highest BCUT2D eigenvalue weighted by molar-refractivity contribution is 5.88. The fourth-order valence-electron chi connectivity index (χ4n) is 5.49. The van der Waals surface area contributed by atoms with Gasteiger partial charge in [0.05, 0.1) is 5.69 Å². The van der Waals surface area contributed by atoms with Gasteiger partial charge in [-0.2, -0.15) is 0 Å². The third kappa shape index (κ3) is 1.86. The first-order valence-electron chi connectivity index (χ1n) is 7.81. The van der Waals surface area contributed by atoms with Crippen molar-refractivity contribution < 1.29 is 9.90 Å². The molecule has 0 radical (unpaired) electrons. The van der Waals surface area contributed by atoms with Crippen LogP contribution in [0.3, 0.4) is 0 Å². The van der Waals surface area contributed by atoms with Gasteiger partial charge >= 0.3 is 5.97 Å². The largest absolute Gasteiger partial charge is 0.477 e. The van der Waals surface area contributed by atoms with Crippen molar-refractivity contribution in [3.05, 3.63) is 27.4 Å². The van der Waals surface area contributed by atoms with Gasteiger partial charge in [0.15, 0.2) is 0 Å². The summed E-state index contributed by atoms with van der Waals surface area (Å²) < 4.78 is 0. The third-order valence-corrected chi connectivity index (χ3v) is 5.85. The lowest BCUT2D eigenvalue weighted by Gasteiger charge is -2.56. The number of aromatic nitrogens is 2. The zero-order chi connectivity index (χ0) is 14.8. The number of H-pyrrole nitrogens is 1. The predicted octanol–water partition coefficient (Wildman–Crippen LogP) is 2.24. The monoisotopic (exact) mass is 288 g/mol. The van der Waals surface area contributed by atoms with Gasteiger partial charge in [-0.05, 0) is 63.2 Å². The SMILES string of the molecule is Cc1nc(C23CC4CC(CC(C4)C2)C3)[nH]c(=O)c1C(=O)O. The van der Waals surface area contributed by atoms with Crippen molar-refractivity contribution >= 4 is 5.97 Å². The average Bonchev–Trinajstić information content (AvgIpc) is 2.35. The molecule has 0 spiro atoms. The summed E-state index contributed by atoms with van der Waals surface area (Å²) in [6.45, 7) is 1.63. The maximum Gasteiger partial charge on any atom is 0.343 e. The van der Waals surface area contributed by atoms with Gasteiger partial charge in [0.1, 0.15) is 11.4 Å². The first kappa shape index (κ1) is 13.0. The molecular formula is C16H20N2O3. The molecule has 112 valence electrons. The minimum absolute atomic E-state index is 0.00426. The van der Waals surface area contributed by atoms with Crippen molar-refractivity contribution in [2.75, 3.05) is 0 Å². The second kappa shape index (κ2) is 4.18. The third-order valence-electron chi connectivity index (χ3n) is 5.85. The van der Waals surface area contributed by atoms with Crippen LogP contribution in [-0.4, -0.2) is 21.0 Å². The van der Waals surface area contributed by atoms with E-state index in [1.54, 1.807) is 6.92 Å².